The molecule has 90 valence electrons. The Morgan fingerprint density at radius 2 is 1.11 bits per heavy atom. The van der Waals surface area contributed by atoms with Crippen molar-refractivity contribution in [3.05, 3.63) is 82.9 Å². The Morgan fingerprint density at radius 3 is 1.44 bits per heavy atom. The molecule has 2 aromatic carbocycles. The Bertz CT molecular complexity index is 556. The van der Waals surface area contributed by atoms with Crippen molar-refractivity contribution in [1.29, 1.82) is 0 Å². The highest BCUT2D eigenvalue weighted by atomic mass is 35.5. The fourth-order valence-electron chi connectivity index (χ4n) is 1.70. The minimum absolute atomic E-state index is 0.688. The Labute approximate surface area is 117 Å². The molecule has 0 spiro atoms. The summed E-state index contributed by atoms with van der Waals surface area (Å²) in [4.78, 5) is 0. The second-order valence-corrected chi connectivity index (χ2v) is 4.85. The predicted octanol–water partition coefficient (Wildman–Crippen LogP) is 5.72. The lowest BCUT2D eigenvalue weighted by Gasteiger charge is -2.10. The Balaban J connectivity index is 2.32. The summed E-state index contributed by atoms with van der Waals surface area (Å²) in [5.41, 5.74) is 3.62. The van der Waals surface area contributed by atoms with Gasteiger partial charge in [0.25, 0.3) is 0 Å². The highest BCUT2D eigenvalue weighted by molar-refractivity contribution is 6.31. The summed E-state index contributed by atoms with van der Waals surface area (Å²) in [6, 6.07) is 15.1. The quantitative estimate of drug-likeness (QED) is 0.628. The zero-order valence-corrected chi connectivity index (χ0v) is 11.3. The highest BCUT2D eigenvalue weighted by Gasteiger charge is 2.06. The smallest absolute Gasteiger partial charge is 0.0412 e. The van der Waals surface area contributed by atoms with Gasteiger partial charge in [-0.15, -0.1) is 0 Å². The maximum Gasteiger partial charge on any atom is 0.0412 e. The maximum absolute atomic E-state index is 5.97. The van der Waals surface area contributed by atoms with E-state index in [9.17, 15) is 0 Å². The molecule has 18 heavy (non-hydrogen) atoms. The molecule has 0 nitrogen and oxygen atoms in total. The van der Waals surface area contributed by atoms with E-state index >= 15 is 0 Å². The number of halogens is 2. The molecule has 2 heteroatoms. The van der Waals surface area contributed by atoms with E-state index in [4.69, 9.17) is 23.2 Å². The number of rotatable bonds is 3. The molecular weight excluding hydrogens is 263 g/mol. The van der Waals surface area contributed by atoms with Gasteiger partial charge in [-0.1, -0.05) is 60.6 Å². The molecule has 0 aromatic heterocycles. The largest absolute Gasteiger partial charge is 0.0906 e. The molecule has 0 aliphatic rings. The van der Waals surface area contributed by atoms with Gasteiger partial charge >= 0.3 is 0 Å². The van der Waals surface area contributed by atoms with Crippen LogP contribution in [0, 0.1) is 0 Å². The summed E-state index contributed by atoms with van der Waals surface area (Å²) in [5, 5.41) is 1.38. The maximum atomic E-state index is 5.97. The molecular formula is C16H12Cl2. The monoisotopic (exact) mass is 274 g/mol. The standard InChI is InChI=1S/C16H12Cl2/c1-11(13-5-3-7-15(17)9-13)12(2)14-6-4-8-16(18)10-14/h3-10H,1-2H2. The van der Waals surface area contributed by atoms with Crippen molar-refractivity contribution in [2.24, 2.45) is 0 Å². The molecule has 0 amide bonds. The van der Waals surface area contributed by atoms with Crippen LogP contribution in [0.25, 0.3) is 11.1 Å². The van der Waals surface area contributed by atoms with Crippen molar-refractivity contribution in [2.45, 2.75) is 0 Å². The van der Waals surface area contributed by atoms with Gasteiger partial charge in [0.15, 0.2) is 0 Å². The SMILES string of the molecule is C=C(C(=C)c1cccc(Cl)c1)c1cccc(Cl)c1. The normalized spacial score (nSPS) is 10.1. The highest BCUT2D eigenvalue weighted by Crippen LogP contribution is 2.30. The lowest BCUT2D eigenvalue weighted by atomic mass is 9.95. The molecule has 0 saturated carbocycles. The van der Waals surface area contributed by atoms with Gasteiger partial charge in [0.1, 0.15) is 0 Å². The zero-order chi connectivity index (χ0) is 13.1. The molecule has 0 aliphatic carbocycles. The lowest BCUT2D eigenvalue weighted by molar-refractivity contribution is 1.59. The van der Waals surface area contributed by atoms with Crippen LogP contribution in [0.1, 0.15) is 11.1 Å². The molecule has 0 radical (unpaired) electrons. The molecule has 0 saturated heterocycles. The van der Waals surface area contributed by atoms with Gasteiger partial charge in [0, 0.05) is 10.0 Å². The molecule has 0 heterocycles. The minimum atomic E-state index is 0.688. The van der Waals surface area contributed by atoms with Gasteiger partial charge < -0.3 is 0 Å². The van der Waals surface area contributed by atoms with E-state index in [2.05, 4.69) is 13.2 Å². The van der Waals surface area contributed by atoms with Crippen molar-refractivity contribution >= 4 is 34.3 Å². The number of hydrogen-bond donors (Lipinski definition) is 0. The summed E-state index contributed by atoms with van der Waals surface area (Å²) in [5.74, 6) is 0. The molecule has 0 bridgehead atoms. The van der Waals surface area contributed by atoms with Gasteiger partial charge in [-0.2, -0.15) is 0 Å². The second kappa shape index (κ2) is 5.43. The van der Waals surface area contributed by atoms with E-state index in [0.717, 1.165) is 22.3 Å². The third kappa shape index (κ3) is 2.84. The van der Waals surface area contributed by atoms with Crippen LogP contribution >= 0.6 is 23.2 Å². The molecule has 0 aliphatic heterocycles. The van der Waals surface area contributed by atoms with Crippen LogP contribution in [0.4, 0.5) is 0 Å². The van der Waals surface area contributed by atoms with Crippen molar-refractivity contribution in [2.75, 3.05) is 0 Å². The fraction of sp³-hybridized carbons (Fsp3) is 0. The first-order chi connectivity index (χ1) is 8.58. The third-order valence-electron chi connectivity index (χ3n) is 2.71. The Hall–Kier alpha value is -1.50. The molecule has 0 atom stereocenters. The molecule has 0 unspecified atom stereocenters. The van der Waals surface area contributed by atoms with Crippen molar-refractivity contribution in [3.8, 4) is 0 Å². The van der Waals surface area contributed by atoms with Crippen molar-refractivity contribution in [3.63, 3.8) is 0 Å². The fourth-order valence-corrected chi connectivity index (χ4v) is 2.08. The topological polar surface area (TPSA) is 0 Å². The molecule has 0 fully saturated rings. The average Bonchev–Trinajstić information content (AvgIpc) is 2.37. The van der Waals surface area contributed by atoms with Crippen LogP contribution in [0.2, 0.25) is 10.0 Å². The van der Waals surface area contributed by atoms with E-state index in [1.165, 1.54) is 0 Å². The van der Waals surface area contributed by atoms with Crippen LogP contribution < -0.4 is 0 Å². The summed E-state index contributed by atoms with van der Waals surface area (Å²) >= 11 is 11.9. The minimum Gasteiger partial charge on any atom is -0.0906 e. The van der Waals surface area contributed by atoms with E-state index in [1.54, 1.807) is 0 Å². The van der Waals surface area contributed by atoms with Crippen LogP contribution in [-0.2, 0) is 0 Å². The van der Waals surface area contributed by atoms with E-state index < -0.39 is 0 Å². The zero-order valence-electron chi connectivity index (χ0n) is 9.79. The van der Waals surface area contributed by atoms with Gasteiger partial charge in [-0.3, -0.25) is 0 Å². The Kier molecular flexibility index (Phi) is 3.90. The molecule has 2 aromatic rings. The predicted molar refractivity (Wildman–Crippen MR) is 81.0 cm³/mol. The lowest BCUT2D eigenvalue weighted by Crippen LogP contribution is -1.88. The Morgan fingerprint density at radius 1 is 0.722 bits per heavy atom. The first kappa shape index (κ1) is 12.9. The number of benzene rings is 2. The third-order valence-corrected chi connectivity index (χ3v) is 3.18. The van der Waals surface area contributed by atoms with Crippen molar-refractivity contribution < 1.29 is 0 Å². The average molecular weight is 275 g/mol. The second-order valence-electron chi connectivity index (χ2n) is 3.98. The number of hydrogen-bond acceptors (Lipinski definition) is 0. The summed E-state index contributed by atoms with van der Waals surface area (Å²) in [6.07, 6.45) is 0. The van der Waals surface area contributed by atoms with Gasteiger partial charge in [-0.25, -0.2) is 0 Å². The van der Waals surface area contributed by atoms with Gasteiger partial charge in [0.05, 0.1) is 0 Å². The first-order valence-corrected chi connectivity index (χ1v) is 6.23. The van der Waals surface area contributed by atoms with Gasteiger partial charge in [-0.05, 0) is 46.5 Å². The van der Waals surface area contributed by atoms with Crippen LogP contribution in [0.15, 0.2) is 61.7 Å². The molecule has 2 rings (SSSR count). The first-order valence-electron chi connectivity index (χ1n) is 5.48. The summed E-state index contributed by atoms with van der Waals surface area (Å²) in [7, 11) is 0. The van der Waals surface area contributed by atoms with Gasteiger partial charge in [0.2, 0.25) is 0 Å². The summed E-state index contributed by atoms with van der Waals surface area (Å²) < 4.78 is 0. The van der Waals surface area contributed by atoms with Crippen LogP contribution in [-0.4, -0.2) is 0 Å². The van der Waals surface area contributed by atoms with Crippen LogP contribution in [0.3, 0.4) is 0 Å². The van der Waals surface area contributed by atoms with E-state index in [0.29, 0.717) is 10.0 Å². The van der Waals surface area contributed by atoms with Crippen LogP contribution in [0.5, 0.6) is 0 Å². The molecule has 0 N–H and O–H groups in total. The number of allylic oxidation sites excluding steroid dienone is 2. The van der Waals surface area contributed by atoms with E-state index in [1.807, 2.05) is 48.5 Å². The van der Waals surface area contributed by atoms with Crippen molar-refractivity contribution in [1.82, 2.24) is 0 Å². The summed E-state index contributed by atoms with van der Waals surface area (Å²) in [6.45, 7) is 8.14. The van der Waals surface area contributed by atoms with E-state index in [-0.39, 0.29) is 0 Å².